The van der Waals surface area contributed by atoms with E-state index in [4.69, 9.17) is 4.74 Å². The van der Waals surface area contributed by atoms with Crippen LogP contribution in [0.25, 0.3) is 0 Å². The van der Waals surface area contributed by atoms with Gasteiger partial charge >= 0.3 is 6.18 Å². The van der Waals surface area contributed by atoms with Gasteiger partial charge in [-0.3, -0.25) is 4.99 Å². The van der Waals surface area contributed by atoms with Gasteiger partial charge in [-0.25, -0.2) is 0 Å². The number of ether oxygens (including phenoxy) is 1. The molecule has 0 amide bonds. The third-order valence-electron chi connectivity index (χ3n) is 2.79. The van der Waals surface area contributed by atoms with Crippen LogP contribution in [0.5, 0.6) is 5.75 Å². The zero-order valence-corrected chi connectivity index (χ0v) is 12.9. The molecule has 0 aliphatic heterocycles. The molecule has 0 aliphatic rings. The first-order chi connectivity index (χ1) is 10.4. The van der Waals surface area contributed by atoms with E-state index in [0.29, 0.717) is 25.7 Å². The van der Waals surface area contributed by atoms with Gasteiger partial charge in [0.1, 0.15) is 12.4 Å². The highest BCUT2D eigenvalue weighted by atomic mass is 19.4. The van der Waals surface area contributed by atoms with E-state index in [1.165, 1.54) is 0 Å². The molecular weight excluding hydrogens is 295 g/mol. The van der Waals surface area contributed by atoms with Crippen molar-refractivity contribution in [3.63, 3.8) is 0 Å². The Bertz CT molecular complexity index is 449. The molecule has 0 radical (unpaired) electrons. The van der Waals surface area contributed by atoms with Crippen LogP contribution in [0.3, 0.4) is 0 Å². The second-order valence-corrected chi connectivity index (χ2v) is 4.68. The van der Waals surface area contributed by atoms with Crippen LogP contribution in [0.15, 0.2) is 35.3 Å². The van der Waals surface area contributed by atoms with Crippen molar-refractivity contribution in [3.05, 3.63) is 30.3 Å². The molecule has 0 heterocycles. The Labute approximate surface area is 129 Å². The fraction of sp³-hybridized carbons (Fsp3) is 0.533. The number of likely N-dealkylation sites (N-methyl/N-ethyl adjacent to an activating group) is 1. The lowest BCUT2D eigenvalue weighted by Crippen LogP contribution is -2.41. The lowest BCUT2D eigenvalue weighted by Gasteiger charge is -2.22. The Kier molecular flexibility index (Phi) is 7.56. The van der Waals surface area contributed by atoms with Gasteiger partial charge in [-0.1, -0.05) is 18.2 Å². The summed E-state index contributed by atoms with van der Waals surface area (Å²) in [5.41, 5.74) is 0. The summed E-state index contributed by atoms with van der Waals surface area (Å²) in [5.74, 6) is 1.21. The minimum atomic E-state index is -4.18. The summed E-state index contributed by atoms with van der Waals surface area (Å²) in [5, 5.41) is 2.97. The normalized spacial score (nSPS) is 12.1. The second-order valence-electron chi connectivity index (χ2n) is 4.68. The maximum Gasteiger partial charge on any atom is 0.390 e. The average Bonchev–Trinajstić information content (AvgIpc) is 2.46. The average molecular weight is 317 g/mol. The van der Waals surface area contributed by atoms with Crippen molar-refractivity contribution in [3.8, 4) is 5.75 Å². The van der Waals surface area contributed by atoms with Gasteiger partial charge in [-0.15, -0.1) is 0 Å². The molecular formula is C15H22F3N3O. The Morgan fingerprint density at radius 3 is 2.55 bits per heavy atom. The van der Waals surface area contributed by atoms with Crippen LogP contribution in [-0.4, -0.2) is 50.3 Å². The number of hydrogen-bond acceptors (Lipinski definition) is 2. The van der Waals surface area contributed by atoms with Crippen LogP contribution in [0.4, 0.5) is 13.2 Å². The second kappa shape index (κ2) is 9.17. The lowest BCUT2D eigenvalue weighted by molar-refractivity contribution is -0.132. The van der Waals surface area contributed by atoms with E-state index in [9.17, 15) is 13.2 Å². The van der Waals surface area contributed by atoms with E-state index in [2.05, 4.69) is 10.3 Å². The Hall–Kier alpha value is -1.92. The predicted octanol–water partition coefficient (Wildman–Crippen LogP) is 2.92. The fourth-order valence-electron chi connectivity index (χ4n) is 1.68. The van der Waals surface area contributed by atoms with Gasteiger partial charge in [0.15, 0.2) is 5.96 Å². The SMILES string of the molecule is CCNC(=NCCC(F)(F)F)N(C)CCOc1ccccc1. The number of aliphatic imine (C=N–C) groups is 1. The molecule has 0 fully saturated rings. The van der Waals surface area contributed by atoms with Gasteiger partial charge in [0, 0.05) is 13.6 Å². The molecule has 0 saturated carbocycles. The van der Waals surface area contributed by atoms with Crippen LogP contribution >= 0.6 is 0 Å². The van der Waals surface area contributed by atoms with Gasteiger partial charge in [-0.05, 0) is 19.1 Å². The molecule has 124 valence electrons. The molecule has 4 nitrogen and oxygen atoms in total. The minimum Gasteiger partial charge on any atom is -0.492 e. The topological polar surface area (TPSA) is 36.9 Å². The first-order valence-electron chi connectivity index (χ1n) is 7.16. The zero-order valence-electron chi connectivity index (χ0n) is 12.9. The summed E-state index contributed by atoms with van der Waals surface area (Å²) in [6.07, 6.45) is -5.11. The first-order valence-corrected chi connectivity index (χ1v) is 7.16. The number of para-hydroxylation sites is 1. The minimum absolute atomic E-state index is 0.282. The molecule has 0 atom stereocenters. The molecule has 0 spiro atoms. The van der Waals surface area contributed by atoms with Gasteiger partial charge in [-0.2, -0.15) is 13.2 Å². The van der Waals surface area contributed by atoms with Crippen molar-refractivity contribution >= 4 is 5.96 Å². The highest BCUT2D eigenvalue weighted by Crippen LogP contribution is 2.18. The third-order valence-corrected chi connectivity index (χ3v) is 2.79. The first kappa shape index (κ1) is 18.1. The van der Waals surface area contributed by atoms with E-state index >= 15 is 0 Å². The number of guanidine groups is 1. The number of hydrogen-bond donors (Lipinski definition) is 1. The maximum atomic E-state index is 12.2. The fourth-order valence-corrected chi connectivity index (χ4v) is 1.68. The van der Waals surface area contributed by atoms with Crippen LogP contribution in [-0.2, 0) is 0 Å². The van der Waals surface area contributed by atoms with Crippen LogP contribution in [0.1, 0.15) is 13.3 Å². The Morgan fingerprint density at radius 1 is 1.27 bits per heavy atom. The van der Waals surface area contributed by atoms with Crippen molar-refractivity contribution in [2.45, 2.75) is 19.5 Å². The highest BCUT2D eigenvalue weighted by Gasteiger charge is 2.26. The van der Waals surface area contributed by atoms with E-state index in [1.54, 1.807) is 11.9 Å². The van der Waals surface area contributed by atoms with E-state index in [0.717, 1.165) is 5.75 Å². The monoisotopic (exact) mass is 317 g/mol. The highest BCUT2D eigenvalue weighted by molar-refractivity contribution is 5.79. The number of halogens is 3. The predicted molar refractivity (Wildman–Crippen MR) is 81.2 cm³/mol. The molecule has 0 bridgehead atoms. The smallest absolute Gasteiger partial charge is 0.390 e. The van der Waals surface area contributed by atoms with Crippen molar-refractivity contribution in [1.82, 2.24) is 10.2 Å². The molecule has 1 rings (SSSR count). The Morgan fingerprint density at radius 2 is 1.95 bits per heavy atom. The Balaban J connectivity index is 2.43. The van der Waals surface area contributed by atoms with Crippen molar-refractivity contribution < 1.29 is 17.9 Å². The zero-order chi connectivity index (χ0) is 16.4. The number of nitrogens with zero attached hydrogens (tertiary/aromatic N) is 2. The van der Waals surface area contributed by atoms with Crippen LogP contribution in [0.2, 0.25) is 0 Å². The number of benzene rings is 1. The van der Waals surface area contributed by atoms with E-state index < -0.39 is 12.6 Å². The molecule has 0 saturated heterocycles. The van der Waals surface area contributed by atoms with Crippen LogP contribution < -0.4 is 10.1 Å². The van der Waals surface area contributed by atoms with Gasteiger partial charge in [0.05, 0.1) is 19.5 Å². The van der Waals surface area contributed by atoms with E-state index in [1.807, 2.05) is 37.3 Å². The molecule has 0 aliphatic carbocycles. The largest absolute Gasteiger partial charge is 0.492 e. The molecule has 1 N–H and O–H groups in total. The quantitative estimate of drug-likeness (QED) is 0.620. The van der Waals surface area contributed by atoms with E-state index in [-0.39, 0.29) is 6.54 Å². The molecule has 0 unspecified atom stereocenters. The summed E-state index contributed by atoms with van der Waals surface area (Å²) in [6.45, 7) is 3.12. The van der Waals surface area contributed by atoms with Crippen molar-refractivity contribution in [1.29, 1.82) is 0 Å². The molecule has 0 aromatic heterocycles. The number of alkyl halides is 3. The van der Waals surface area contributed by atoms with Crippen molar-refractivity contribution in [2.24, 2.45) is 4.99 Å². The maximum absolute atomic E-state index is 12.2. The van der Waals surface area contributed by atoms with Gasteiger partial charge < -0.3 is 15.0 Å². The summed E-state index contributed by atoms with van der Waals surface area (Å²) in [7, 11) is 1.77. The summed E-state index contributed by atoms with van der Waals surface area (Å²) >= 11 is 0. The van der Waals surface area contributed by atoms with Gasteiger partial charge in [0.2, 0.25) is 0 Å². The standard InChI is InChI=1S/C15H22F3N3O/c1-3-19-14(20-10-9-15(16,17)18)21(2)11-12-22-13-7-5-4-6-8-13/h4-8H,3,9-12H2,1-2H3,(H,19,20). The van der Waals surface area contributed by atoms with Crippen molar-refractivity contribution in [2.75, 3.05) is 33.3 Å². The van der Waals surface area contributed by atoms with Gasteiger partial charge in [0.25, 0.3) is 0 Å². The number of nitrogens with one attached hydrogen (secondary N) is 1. The molecule has 22 heavy (non-hydrogen) atoms. The molecule has 1 aromatic rings. The van der Waals surface area contributed by atoms with Crippen LogP contribution in [0, 0.1) is 0 Å². The third kappa shape index (κ3) is 7.75. The number of rotatable bonds is 7. The molecule has 1 aromatic carbocycles. The lowest BCUT2D eigenvalue weighted by atomic mass is 10.3. The summed E-state index contributed by atoms with van der Waals surface area (Å²) in [6, 6.07) is 9.35. The molecule has 7 heteroatoms. The summed E-state index contributed by atoms with van der Waals surface area (Å²) in [4.78, 5) is 5.73. The summed E-state index contributed by atoms with van der Waals surface area (Å²) < 4.78 is 42.0.